The van der Waals surface area contributed by atoms with Crippen molar-refractivity contribution >= 4 is 45.8 Å². The number of thiazole rings is 1. The van der Waals surface area contributed by atoms with Gasteiger partial charge in [0.25, 0.3) is 5.56 Å². The van der Waals surface area contributed by atoms with E-state index in [0.717, 1.165) is 22.1 Å². The Morgan fingerprint density at radius 3 is 2.56 bits per heavy atom. The molecule has 1 aliphatic rings. The number of halogens is 1. The molecule has 0 aliphatic carbocycles. The number of carbonyl (C=O) groups is 1. The van der Waals surface area contributed by atoms with E-state index in [1.807, 2.05) is 60.7 Å². The van der Waals surface area contributed by atoms with E-state index >= 15 is 0 Å². The van der Waals surface area contributed by atoms with Gasteiger partial charge in [0, 0.05) is 10.4 Å². The molecule has 182 valence electrons. The van der Waals surface area contributed by atoms with Crippen molar-refractivity contribution in [1.29, 1.82) is 0 Å². The molecule has 0 bridgehead atoms. The van der Waals surface area contributed by atoms with Crippen LogP contribution in [0.15, 0.2) is 81.7 Å². The van der Waals surface area contributed by atoms with Gasteiger partial charge in [0.15, 0.2) is 4.80 Å². The molecule has 0 unspecified atom stereocenters. The third-order valence-corrected chi connectivity index (χ3v) is 7.47. The Bertz CT molecular complexity index is 1720. The summed E-state index contributed by atoms with van der Waals surface area (Å²) in [7, 11) is 1.64. The highest BCUT2D eigenvalue weighted by Crippen LogP contribution is 2.34. The molecular weight excluding hydrogens is 496 g/mol. The molecule has 4 aromatic rings. The highest BCUT2D eigenvalue weighted by Gasteiger charge is 2.34. The third kappa shape index (κ3) is 4.04. The molecule has 6 nitrogen and oxygen atoms in total. The largest absolute Gasteiger partial charge is 0.496 e. The zero-order valence-corrected chi connectivity index (χ0v) is 21.5. The number of esters is 1. The van der Waals surface area contributed by atoms with E-state index in [-0.39, 0.29) is 12.2 Å². The van der Waals surface area contributed by atoms with E-state index in [1.54, 1.807) is 31.6 Å². The van der Waals surface area contributed by atoms with E-state index in [4.69, 9.17) is 21.1 Å². The molecule has 0 N–H and O–H groups in total. The Balaban J connectivity index is 1.77. The molecule has 2 heterocycles. The van der Waals surface area contributed by atoms with Gasteiger partial charge in [0.1, 0.15) is 11.8 Å². The first-order valence-electron chi connectivity index (χ1n) is 11.4. The number of hydrogen-bond acceptors (Lipinski definition) is 6. The van der Waals surface area contributed by atoms with Crippen LogP contribution in [-0.2, 0) is 9.53 Å². The Labute approximate surface area is 216 Å². The second kappa shape index (κ2) is 9.76. The lowest BCUT2D eigenvalue weighted by Gasteiger charge is -2.25. The molecular formula is C28H23ClN2O4S. The van der Waals surface area contributed by atoms with Crippen LogP contribution < -0.4 is 19.6 Å². The maximum atomic E-state index is 13.8. The van der Waals surface area contributed by atoms with Crippen molar-refractivity contribution in [3.05, 3.63) is 108 Å². The molecule has 0 amide bonds. The van der Waals surface area contributed by atoms with Crippen molar-refractivity contribution in [3.63, 3.8) is 0 Å². The summed E-state index contributed by atoms with van der Waals surface area (Å²) in [4.78, 5) is 32.0. The van der Waals surface area contributed by atoms with Crippen LogP contribution in [0.1, 0.15) is 31.0 Å². The van der Waals surface area contributed by atoms with Gasteiger partial charge in [-0.2, -0.15) is 0 Å². The van der Waals surface area contributed by atoms with Crippen molar-refractivity contribution in [2.45, 2.75) is 19.9 Å². The minimum atomic E-state index is -0.747. The number of methoxy groups -OCH3 is 1. The molecule has 1 aromatic heterocycles. The average molecular weight is 519 g/mol. The minimum absolute atomic E-state index is 0.208. The second-order valence-corrected chi connectivity index (χ2v) is 9.64. The van der Waals surface area contributed by atoms with E-state index < -0.39 is 12.0 Å². The lowest BCUT2D eigenvalue weighted by molar-refractivity contribution is -0.139. The van der Waals surface area contributed by atoms with Crippen LogP contribution in [0.25, 0.3) is 16.8 Å². The first-order chi connectivity index (χ1) is 17.4. The van der Waals surface area contributed by atoms with Gasteiger partial charge in [-0.3, -0.25) is 9.36 Å². The summed E-state index contributed by atoms with van der Waals surface area (Å²) in [5.41, 5.74) is 2.07. The molecule has 3 aromatic carbocycles. The van der Waals surface area contributed by atoms with E-state index in [2.05, 4.69) is 4.99 Å². The van der Waals surface area contributed by atoms with Gasteiger partial charge < -0.3 is 9.47 Å². The zero-order chi connectivity index (χ0) is 25.4. The fraction of sp³-hybridized carbons (Fsp3) is 0.179. The molecule has 0 spiro atoms. The molecule has 0 saturated heterocycles. The summed E-state index contributed by atoms with van der Waals surface area (Å²) in [6, 6.07) is 18.2. The van der Waals surface area contributed by atoms with Gasteiger partial charge in [-0.05, 0) is 48.6 Å². The van der Waals surface area contributed by atoms with E-state index in [0.29, 0.717) is 31.2 Å². The van der Waals surface area contributed by atoms with Crippen LogP contribution in [0, 0.1) is 0 Å². The predicted octanol–water partition coefficient (Wildman–Crippen LogP) is 4.61. The number of nitrogens with zero attached hydrogens (tertiary/aromatic N) is 2. The minimum Gasteiger partial charge on any atom is -0.496 e. The van der Waals surface area contributed by atoms with Gasteiger partial charge in [0.05, 0.1) is 29.5 Å². The predicted molar refractivity (Wildman–Crippen MR) is 142 cm³/mol. The number of fused-ring (bicyclic) bond motifs is 2. The lowest BCUT2D eigenvalue weighted by atomic mass is 9.96. The van der Waals surface area contributed by atoms with Crippen LogP contribution >= 0.6 is 22.9 Å². The first-order valence-corrected chi connectivity index (χ1v) is 12.6. The summed E-state index contributed by atoms with van der Waals surface area (Å²) in [5, 5.41) is 2.37. The SMILES string of the molecule is CCOC(=O)C1=C(C)N=c2sc(=Cc3ccc(OC)c4ccccc34)c(=O)n2[C@@H]1c1ccccc1Cl. The van der Waals surface area contributed by atoms with Crippen LogP contribution in [0.2, 0.25) is 5.02 Å². The quantitative estimate of drug-likeness (QED) is 0.362. The number of ether oxygens (including phenoxy) is 2. The van der Waals surface area contributed by atoms with E-state index in [9.17, 15) is 9.59 Å². The Kier molecular flexibility index (Phi) is 6.51. The number of aromatic nitrogens is 1. The summed E-state index contributed by atoms with van der Waals surface area (Å²) in [5.74, 6) is 0.247. The third-order valence-electron chi connectivity index (χ3n) is 6.14. The molecule has 0 radical (unpaired) electrons. The Morgan fingerprint density at radius 1 is 1.11 bits per heavy atom. The summed E-state index contributed by atoms with van der Waals surface area (Å²) < 4.78 is 12.9. The normalized spacial score (nSPS) is 15.6. The Morgan fingerprint density at radius 2 is 1.83 bits per heavy atom. The number of benzene rings is 3. The number of allylic oxidation sites excluding steroid dienone is 1. The number of hydrogen-bond donors (Lipinski definition) is 0. The summed E-state index contributed by atoms with van der Waals surface area (Å²) in [6.45, 7) is 3.71. The molecule has 36 heavy (non-hydrogen) atoms. The molecule has 1 atom stereocenters. The average Bonchev–Trinajstić information content (AvgIpc) is 3.18. The van der Waals surface area contributed by atoms with Crippen LogP contribution in [-0.4, -0.2) is 24.3 Å². The molecule has 0 fully saturated rings. The second-order valence-electron chi connectivity index (χ2n) is 8.23. The highest BCUT2D eigenvalue weighted by atomic mass is 35.5. The zero-order valence-electron chi connectivity index (χ0n) is 19.9. The molecule has 5 rings (SSSR count). The van der Waals surface area contributed by atoms with Crippen LogP contribution in [0.3, 0.4) is 0 Å². The standard InChI is InChI=1S/C28H23ClN2O4S/c1-4-35-27(33)24-16(2)30-28-31(25(24)20-11-7-8-12-21(20)29)26(32)23(36-28)15-17-13-14-22(34-3)19-10-6-5-9-18(17)19/h5-15,25H,4H2,1-3H3/t25-/m1/s1. The van der Waals surface area contributed by atoms with Crippen molar-refractivity contribution in [2.75, 3.05) is 13.7 Å². The monoisotopic (exact) mass is 518 g/mol. The fourth-order valence-corrected chi connectivity index (χ4v) is 5.80. The number of carbonyl (C=O) groups excluding carboxylic acids is 1. The fourth-order valence-electron chi connectivity index (χ4n) is 4.52. The maximum absolute atomic E-state index is 13.8. The van der Waals surface area contributed by atoms with Crippen LogP contribution in [0.5, 0.6) is 5.75 Å². The van der Waals surface area contributed by atoms with Crippen molar-refractivity contribution in [3.8, 4) is 5.75 Å². The molecule has 0 saturated carbocycles. The van der Waals surface area contributed by atoms with Crippen molar-refractivity contribution in [1.82, 2.24) is 4.57 Å². The summed E-state index contributed by atoms with van der Waals surface area (Å²) >= 11 is 7.84. The first kappa shape index (κ1) is 24.0. The van der Waals surface area contributed by atoms with Gasteiger partial charge in [-0.25, -0.2) is 9.79 Å². The van der Waals surface area contributed by atoms with Gasteiger partial charge in [-0.15, -0.1) is 0 Å². The number of rotatable bonds is 5. The Hall–Kier alpha value is -3.68. The van der Waals surface area contributed by atoms with Crippen molar-refractivity contribution < 1.29 is 14.3 Å². The molecule has 8 heteroatoms. The molecule has 1 aliphatic heterocycles. The topological polar surface area (TPSA) is 69.9 Å². The van der Waals surface area contributed by atoms with Gasteiger partial charge in [0.2, 0.25) is 0 Å². The highest BCUT2D eigenvalue weighted by molar-refractivity contribution is 7.07. The lowest BCUT2D eigenvalue weighted by Crippen LogP contribution is -2.40. The van der Waals surface area contributed by atoms with E-state index in [1.165, 1.54) is 11.3 Å². The van der Waals surface area contributed by atoms with Gasteiger partial charge >= 0.3 is 5.97 Å². The maximum Gasteiger partial charge on any atom is 0.338 e. The van der Waals surface area contributed by atoms with Crippen molar-refractivity contribution in [2.24, 2.45) is 4.99 Å². The smallest absolute Gasteiger partial charge is 0.338 e. The summed E-state index contributed by atoms with van der Waals surface area (Å²) in [6.07, 6.45) is 1.86. The van der Waals surface area contributed by atoms with Gasteiger partial charge in [-0.1, -0.05) is 71.5 Å². The van der Waals surface area contributed by atoms with Crippen LogP contribution in [0.4, 0.5) is 0 Å².